The lowest BCUT2D eigenvalue weighted by atomic mass is 10.3. The highest BCUT2D eigenvalue weighted by atomic mass is 16.3. The molecule has 0 saturated heterocycles. The van der Waals surface area contributed by atoms with Crippen molar-refractivity contribution in [3.63, 3.8) is 0 Å². The normalized spacial score (nSPS) is 10.2. The number of aliphatic hydroxyl groups excluding tert-OH is 1. The zero-order chi connectivity index (χ0) is 9.10. The van der Waals surface area contributed by atoms with E-state index in [0.29, 0.717) is 5.82 Å². The first-order chi connectivity index (χ1) is 6.42. The van der Waals surface area contributed by atoms with E-state index in [2.05, 4.69) is 15.1 Å². The predicted octanol–water partition coefficient (Wildman–Crippen LogP) is 0.155. The summed E-state index contributed by atoms with van der Waals surface area (Å²) >= 11 is 0. The molecule has 0 aliphatic heterocycles. The van der Waals surface area contributed by atoms with Crippen LogP contribution in [0.15, 0.2) is 31.0 Å². The summed E-state index contributed by atoms with van der Waals surface area (Å²) in [5.41, 5.74) is 0.730. The molecule has 0 amide bonds. The first-order valence-corrected chi connectivity index (χ1v) is 3.81. The van der Waals surface area contributed by atoms with Gasteiger partial charge in [0, 0.05) is 11.8 Å². The third-order valence-corrected chi connectivity index (χ3v) is 1.67. The second-order valence-electron chi connectivity index (χ2n) is 2.48. The van der Waals surface area contributed by atoms with Crippen molar-refractivity contribution in [2.75, 3.05) is 0 Å². The van der Waals surface area contributed by atoms with Crippen LogP contribution in [0.4, 0.5) is 0 Å². The molecule has 2 aromatic rings. The van der Waals surface area contributed by atoms with Gasteiger partial charge in [-0.2, -0.15) is 5.10 Å². The molecule has 0 atom stereocenters. The zero-order valence-electron chi connectivity index (χ0n) is 6.83. The minimum atomic E-state index is -0.0525. The van der Waals surface area contributed by atoms with Crippen LogP contribution in [0.1, 0.15) is 5.56 Å². The van der Waals surface area contributed by atoms with Crippen molar-refractivity contribution >= 4 is 0 Å². The number of nitrogens with zero attached hydrogens (tertiary/aromatic N) is 4. The van der Waals surface area contributed by atoms with Crippen molar-refractivity contribution in [2.45, 2.75) is 6.61 Å². The quantitative estimate of drug-likeness (QED) is 0.707. The highest BCUT2D eigenvalue weighted by Crippen LogP contribution is 2.08. The zero-order valence-corrected chi connectivity index (χ0v) is 6.83. The fourth-order valence-electron chi connectivity index (χ4n) is 1.08. The molecule has 0 bridgehead atoms. The van der Waals surface area contributed by atoms with Gasteiger partial charge in [-0.3, -0.25) is 0 Å². The van der Waals surface area contributed by atoms with Gasteiger partial charge < -0.3 is 5.11 Å². The molecule has 5 nitrogen and oxygen atoms in total. The molecule has 13 heavy (non-hydrogen) atoms. The first-order valence-electron chi connectivity index (χ1n) is 3.81. The second kappa shape index (κ2) is 3.32. The molecule has 0 aromatic carbocycles. The van der Waals surface area contributed by atoms with E-state index < -0.39 is 0 Å². The topological polar surface area (TPSA) is 63.8 Å². The van der Waals surface area contributed by atoms with Gasteiger partial charge in [0.2, 0.25) is 0 Å². The minimum absolute atomic E-state index is 0.0525. The molecule has 0 saturated carbocycles. The Hall–Kier alpha value is -1.75. The Bertz CT molecular complexity index is 385. The van der Waals surface area contributed by atoms with Gasteiger partial charge >= 0.3 is 0 Å². The number of rotatable bonds is 2. The Labute approximate surface area is 74.7 Å². The molecule has 0 radical (unpaired) electrons. The standard InChI is InChI=1S/C8H8N4O/c13-4-7-2-1-3-10-8(7)12-6-9-5-11-12/h1-3,5-6,13H,4H2. The maximum absolute atomic E-state index is 9.02. The van der Waals surface area contributed by atoms with Crippen LogP contribution in [0.2, 0.25) is 0 Å². The summed E-state index contributed by atoms with van der Waals surface area (Å²) in [6.07, 6.45) is 4.62. The van der Waals surface area contributed by atoms with Crippen LogP contribution < -0.4 is 0 Å². The van der Waals surface area contributed by atoms with E-state index in [1.165, 1.54) is 11.0 Å². The molecule has 0 aliphatic rings. The van der Waals surface area contributed by atoms with Gasteiger partial charge in [-0.15, -0.1) is 0 Å². The summed E-state index contributed by atoms with van der Waals surface area (Å²) in [7, 11) is 0. The average molecular weight is 176 g/mol. The molecular formula is C8H8N4O. The Kier molecular flexibility index (Phi) is 2.01. The molecule has 66 valence electrons. The molecule has 2 heterocycles. The maximum Gasteiger partial charge on any atom is 0.160 e. The van der Waals surface area contributed by atoms with Crippen LogP contribution in [0.25, 0.3) is 5.82 Å². The SMILES string of the molecule is OCc1cccnc1-n1cncn1. The highest BCUT2D eigenvalue weighted by Gasteiger charge is 2.03. The van der Waals surface area contributed by atoms with E-state index in [0.717, 1.165) is 5.56 Å². The van der Waals surface area contributed by atoms with E-state index in [-0.39, 0.29) is 6.61 Å². The van der Waals surface area contributed by atoms with Crippen molar-refractivity contribution in [1.29, 1.82) is 0 Å². The molecule has 0 unspecified atom stereocenters. The Balaban J connectivity index is 2.51. The summed E-state index contributed by atoms with van der Waals surface area (Å²) in [6, 6.07) is 3.57. The van der Waals surface area contributed by atoms with Gasteiger partial charge in [0.1, 0.15) is 12.7 Å². The molecule has 0 aliphatic carbocycles. The molecule has 5 heteroatoms. The Morgan fingerprint density at radius 1 is 1.46 bits per heavy atom. The van der Waals surface area contributed by atoms with Crippen molar-refractivity contribution < 1.29 is 5.11 Å². The molecule has 1 N–H and O–H groups in total. The van der Waals surface area contributed by atoms with Gasteiger partial charge in [-0.1, -0.05) is 6.07 Å². The summed E-state index contributed by atoms with van der Waals surface area (Å²) in [5, 5.41) is 12.9. The van der Waals surface area contributed by atoms with Gasteiger partial charge in [-0.25, -0.2) is 14.6 Å². The van der Waals surface area contributed by atoms with Gasteiger partial charge in [-0.05, 0) is 6.07 Å². The largest absolute Gasteiger partial charge is 0.392 e. The van der Waals surface area contributed by atoms with Crippen LogP contribution in [0, 0.1) is 0 Å². The number of pyridine rings is 1. The third kappa shape index (κ3) is 1.41. The summed E-state index contributed by atoms with van der Waals surface area (Å²) in [6.45, 7) is -0.0525. The maximum atomic E-state index is 9.02. The summed E-state index contributed by atoms with van der Waals surface area (Å²) in [5.74, 6) is 0.613. The lowest BCUT2D eigenvalue weighted by molar-refractivity contribution is 0.281. The van der Waals surface area contributed by atoms with Crippen molar-refractivity contribution in [3.05, 3.63) is 36.5 Å². The van der Waals surface area contributed by atoms with Crippen LogP contribution in [-0.2, 0) is 6.61 Å². The minimum Gasteiger partial charge on any atom is -0.392 e. The fourth-order valence-corrected chi connectivity index (χ4v) is 1.08. The monoisotopic (exact) mass is 176 g/mol. The molecule has 0 fully saturated rings. The molecule has 2 aromatic heterocycles. The van der Waals surface area contributed by atoms with E-state index in [9.17, 15) is 0 Å². The highest BCUT2D eigenvalue weighted by molar-refractivity contribution is 5.31. The van der Waals surface area contributed by atoms with E-state index in [1.807, 2.05) is 0 Å². The third-order valence-electron chi connectivity index (χ3n) is 1.67. The lowest BCUT2D eigenvalue weighted by Gasteiger charge is -2.03. The van der Waals surface area contributed by atoms with E-state index >= 15 is 0 Å². The Morgan fingerprint density at radius 2 is 2.38 bits per heavy atom. The fraction of sp³-hybridized carbons (Fsp3) is 0.125. The van der Waals surface area contributed by atoms with Crippen molar-refractivity contribution in [2.24, 2.45) is 0 Å². The van der Waals surface area contributed by atoms with E-state index in [1.54, 1.807) is 24.7 Å². The predicted molar refractivity (Wildman–Crippen MR) is 45.1 cm³/mol. The second-order valence-corrected chi connectivity index (χ2v) is 2.48. The molecule has 2 rings (SSSR count). The Morgan fingerprint density at radius 3 is 3.08 bits per heavy atom. The smallest absolute Gasteiger partial charge is 0.160 e. The first kappa shape index (κ1) is 7.88. The van der Waals surface area contributed by atoms with E-state index in [4.69, 9.17) is 5.11 Å². The number of hydrogen-bond donors (Lipinski definition) is 1. The van der Waals surface area contributed by atoms with Crippen molar-refractivity contribution in [3.8, 4) is 5.82 Å². The van der Waals surface area contributed by atoms with Gasteiger partial charge in [0.25, 0.3) is 0 Å². The molecular weight excluding hydrogens is 168 g/mol. The van der Waals surface area contributed by atoms with Crippen LogP contribution in [0.5, 0.6) is 0 Å². The number of hydrogen-bond acceptors (Lipinski definition) is 4. The lowest BCUT2D eigenvalue weighted by Crippen LogP contribution is -2.02. The van der Waals surface area contributed by atoms with Crippen LogP contribution in [-0.4, -0.2) is 24.9 Å². The number of aliphatic hydroxyl groups is 1. The number of aromatic nitrogens is 4. The van der Waals surface area contributed by atoms with Crippen LogP contribution >= 0.6 is 0 Å². The average Bonchev–Trinajstić information content (AvgIpc) is 2.70. The van der Waals surface area contributed by atoms with Gasteiger partial charge in [0.05, 0.1) is 6.61 Å². The van der Waals surface area contributed by atoms with Gasteiger partial charge in [0.15, 0.2) is 5.82 Å². The summed E-state index contributed by atoms with van der Waals surface area (Å²) < 4.78 is 1.52. The summed E-state index contributed by atoms with van der Waals surface area (Å²) in [4.78, 5) is 7.90. The van der Waals surface area contributed by atoms with Crippen molar-refractivity contribution in [1.82, 2.24) is 19.7 Å². The van der Waals surface area contributed by atoms with Crippen LogP contribution in [0.3, 0.4) is 0 Å². The molecule has 0 spiro atoms.